The van der Waals surface area contributed by atoms with Crippen molar-refractivity contribution in [2.45, 2.75) is 55.2 Å². The highest BCUT2D eigenvalue weighted by molar-refractivity contribution is 9.10. The Hall–Kier alpha value is -0.0900. The molecule has 3 aliphatic heterocycles. The van der Waals surface area contributed by atoms with Crippen LogP contribution in [0.4, 0.5) is 0 Å². The third kappa shape index (κ3) is 1.62. The molecule has 3 rings (SSSR count). The first kappa shape index (κ1) is 10.1. The second-order valence-electron chi connectivity index (χ2n) is 4.82. The van der Waals surface area contributed by atoms with E-state index in [2.05, 4.69) is 20.8 Å². The topological polar surface area (TPSA) is 29.5 Å². The third-order valence-corrected chi connectivity index (χ3v) is 4.73. The molecule has 0 aromatic rings. The van der Waals surface area contributed by atoms with Crippen LogP contribution in [0.5, 0.6) is 0 Å². The van der Waals surface area contributed by atoms with E-state index in [4.69, 9.17) is 4.74 Å². The minimum Gasteiger partial charge on any atom is -0.373 e. The van der Waals surface area contributed by atoms with Crippen LogP contribution in [0.15, 0.2) is 0 Å². The number of rotatable bonds is 1. The molecule has 15 heavy (non-hydrogen) atoms. The summed E-state index contributed by atoms with van der Waals surface area (Å²) >= 11 is 3.46. The molecule has 3 fully saturated rings. The molecule has 3 heterocycles. The minimum atomic E-state index is 0.0466. The summed E-state index contributed by atoms with van der Waals surface area (Å²) in [5.41, 5.74) is 0. The van der Waals surface area contributed by atoms with Gasteiger partial charge in [0.1, 0.15) is 0 Å². The Balaban J connectivity index is 1.74. The molecular formula is C11H16BrNO2. The minimum absolute atomic E-state index is 0.0466. The molecule has 3 aliphatic rings. The highest BCUT2D eigenvalue weighted by Gasteiger charge is 2.46. The van der Waals surface area contributed by atoms with Crippen molar-refractivity contribution in [1.29, 1.82) is 0 Å². The van der Waals surface area contributed by atoms with Crippen LogP contribution in [-0.2, 0) is 9.53 Å². The van der Waals surface area contributed by atoms with Crippen LogP contribution in [0, 0.1) is 0 Å². The van der Waals surface area contributed by atoms with Crippen LogP contribution < -0.4 is 0 Å². The predicted octanol–water partition coefficient (Wildman–Crippen LogP) is 1.69. The van der Waals surface area contributed by atoms with E-state index in [-0.39, 0.29) is 10.7 Å². The van der Waals surface area contributed by atoms with E-state index in [9.17, 15) is 4.79 Å². The second-order valence-corrected chi connectivity index (χ2v) is 5.92. The van der Waals surface area contributed by atoms with Crippen molar-refractivity contribution in [3.05, 3.63) is 0 Å². The molecule has 0 radical (unpaired) electrons. The van der Waals surface area contributed by atoms with Crippen molar-refractivity contribution in [3.8, 4) is 0 Å². The summed E-state index contributed by atoms with van der Waals surface area (Å²) in [4.78, 5) is 14.1. The molecule has 0 aliphatic carbocycles. The first-order valence-corrected chi connectivity index (χ1v) is 6.77. The molecule has 4 atom stereocenters. The van der Waals surface area contributed by atoms with Crippen molar-refractivity contribution < 1.29 is 9.53 Å². The van der Waals surface area contributed by atoms with Gasteiger partial charge in [0, 0.05) is 6.54 Å². The molecule has 1 amide bonds. The summed E-state index contributed by atoms with van der Waals surface area (Å²) in [7, 11) is 0. The standard InChI is InChI=1S/C11H16BrNO2/c12-8-2-1-5-13(11(8)14)9-6-7-3-4-10(9)15-7/h7-10H,1-6H2. The molecule has 3 saturated heterocycles. The van der Waals surface area contributed by atoms with E-state index in [0.29, 0.717) is 18.2 Å². The molecule has 4 heteroatoms. The molecule has 0 spiro atoms. The maximum Gasteiger partial charge on any atom is 0.236 e. The molecule has 2 bridgehead atoms. The Bertz CT molecular complexity index is 284. The van der Waals surface area contributed by atoms with Gasteiger partial charge in [-0.1, -0.05) is 15.9 Å². The normalized spacial score (nSPS) is 45.1. The van der Waals surface area contributed by atoms with Crippen LogP contribution in [0.3, 0.4) is 0 Å². The Morgan fingerprint density at radius 2 is 2.20 bits per heavy atom. The predicted molar refractivity (Wildman–Crippen MR) is 60.0 cm³/mol. The lowest BCUT2D eigenvalue weighted by molar-refractivity contribution is -0.136. The summed E-state index contributed by atoms with van der Waals surface area (Å²) in [6, 6.07) is 0.372. The number of nitrogens with zero attached hydrogens (tertiary/aromatic N) is 1. The number of carbonyl (C=O) groups is 1. The number of likely N-dealkylation sites (tertiary alicyclic amines) is 1. The number of hydrogen-bond donors (Lipinski definition) is 0. The Morgan fingerprint density at radius 1 is 1.33 bits per heavy atom. The van der Waals surface area contributed by atoms with Crippen molar-refractivity contribution in [3.63, 3.8) is 0 Å². The van der Waals surface area contributed by atoms with Gasteiger partial charge in [-0.05, 0) is 32.1 Å². The molecule has 4 unspecified atom stereocenters. The zero-order chi connectivity index (χ0) is 10.4. The number of halogens is 1. The van der Waals surface area contributed by atoms with Gasteiger partial charge in [-0.15, -0.1) is 0 Å². The summed E-state index contributed by atoms with van der Waals surface area (Å²) in [6.07, 6.45) is 6.27. The van der Waals surface area contributed by atoms with Gasteiger partial charge in [0.05, 0.1) is 23.1 Å². The lowest BCUT2D eigenvalue weighted by Crippen LogP contribution is -2.51. The van der Waals surface area contributed by atoms with Gasteiger partial charge in [-0.2, -0.15) is 0 Å². The largest absolute Gasteiger partial charge is 0.373 e. The van der Waals surface area contributed by atoms with Gasteiger partial charge in [-0.25, -0.2) is 0 Å². The summed E-state index contributed by atoms with van der Waals surface area (Å²) in [5.74, 6) is 0.280. The van der Waals surface area contributed by atoms with E-state index in [1.807, 2.05) is 0 Å². The Morgan fingerprint density at radius 3 is 2.87 bits per heavy atom. The van der Waals surface area contributed by atoms with E-state index >= 15 is 0 Å². The van der Waals surface area contributed by atoms with Crippen LogP contribution in [-0.4, -0.2) is 40.4 Å². The first-order valence-electron chi connectivity index (χ1n) is 5.86. The Labute approximate surface area is 98.3 Å². The Kier molecular flexibility index (Phi) is 2.51. The number of amides is 1. The smallest absolute Gasteiger partial charge is 0.236 e. The number of fused-ring (bicyclic) bond motifs is 2. The zero-order valence-electron chi connectivity index (χ0n) is 8.69. The first-order chi connectivity index (χ1) is 7.25. The number of ether oxygens (including phenoxy) is 1. The molecule has 0 aromatic heterocycles. The van der Waals surface area contributed by atoms with E-state index in [1.165, 1.54) is 6.42 Å². The van der Waals surface area contributed by atoms with E-state index in [1.54, 1.807) is 0 Å². The number of alkyl halides is 1. The molecule has 0 N–H and O–H groups in total. The van der Waals surface area contributed by atoms with Gasteiger partial charge in [0.25, 0.3) is 0 Å². The van der Waals surface area contributed by atoms with Crippen molar-refractivity contribution in [2.24, 2.45) is 0 Å². The average molecular weight is 274 g/mol. The number of carbonyl (C=O) groups excluding carboxylic acids is 1. The SMILES string of the molecule is O=C1C(Br)CCCN1C1CC2CCC1O2. The van der Waals surface area contributed by atoms with Crippen molar-refractivity contribution >= 4 is 21.8 Å². The highest BCUT2D eigenvalue weighted by Crippen LogP contribution is 2.38. The van der Waals surface area contributed by atoms with Crippen LogP contribution in [0.2, 0.25) is 0 Å². The maximum absolute atomic E-state index is 12.0. The van der Waals surface area contributed by atoms with Gasteiger partial charge in [0.15, 0.2) is 0 Å². The maximum atomic E-state index is 12.0. The van der Waals surface area contributed by atoms with Gasteiger partial charge in [0.2, 0.25) is 5.91 Å². The monoisotopic (exact) mass is 273 g/mol. The van der Waals surface area contributed by atoms with Crippen LogP contribution in [0.1, 0.15) is 32.1 Å². The van der Waals surface area contributed by atoms with Crippen LogP contribution >= 0.6 is 15.9 Å². The fourth-order valence-corrected chi connectivity index (χ4v) is 3.71. The highest BCUT2D eigenvalue weighted by atomic mass is 79.9. The third-order valence-electron chi connectivity index (χ3n) is 3.88. The van der Waals surface area contributed by atoms with Gasteiger partial charge >= 0.3 is 0 Å². The second kappa shape index (κ2) is 3.74. The summed E-state index contributed by atoms with van der Waals surface area (Å²) in [5, 5.41) is 0. The average Bonchev–Trinajstić information content (AvgIpc) is 2.83. The lowest BCUT2D eigenvalue weighted by Gasteiger charge is -2.37. The summed E-state index contributed by atoms with van der Waals surface area (Å²) in [6.45, 7) is 0.929. The molecule has 3 nitrogen and oxygen atoms in total. The fourth-order valence-electron chi connectivity index (χ4n) is 3.12. The van der Waals surface area contributed by atoms with E-state index in [0.717, 1.165) is 32.2 Å². The van der Waals surface area contributed by atoms with Crippen molar-refractivity contribution in [1.82, 2.24) is 4.90 Å². The zero-order valence-corrected chi connectivity index (χ0v) is 10.3. The number of hydrogen-bond acceptors (Lipinski definition) is 2. The number of piperidine rings is 1. The molecule has 0 aromatic carbocycles. The molecular weight excluding hydrogens is 258 g/mol. The molecule has 84 valence electrons. The van der Waals surface area contributed by atoms with E-state index < -0.39 is 0 Å². The lowest BCUT2D eigenvalue weighted by atomic mass is 9.92. The van der Waals surface area contributed by atoms with Crippen molar-refractivity contribution in [2.75, 3.05) is 6.54 Å². The van der Waals surface area contributed by atoms with Crippen LogP contribution in [0.25, 0.3) is 0 Å². The summed E-state index contributed by atoms with van der Waals surface area (Å²) < 4.78 is 5.81. The fraction of sp³-hybridized carbons (Fsp3) is 0.909. The quantitative estimate of drug-likeness (QED) is 0.681. The molecule has 0 saturated carbocycles. The van der Waals surface area contributed by atoms with Gasteiger partial charge in [-0.3, -0.25) is 4.79 Å². The van der Waals surface area contributed by atoms with Gasteiger partial charge < -0.3 is 9.64 Å².